The third kappa shape index (κ3) is 55.3. The Hall–Kier alpha value is -3.67. The van der Waals surface area contributed by atoms with Crippen molar-refractivity contribution in [3.05, 3.63) is 97.2 Å². The van der Waals surface area contributed by atoms with Crippen LogP contribution >= 0.6 is 0 Å². The van der Waals surface area contributed by atoms with Crippen LogP contribution in [0.4, 0.5) is 0 Å². The van der Waals surface area contributed by atoms with Crippen molar-refractivity contribution in [3.63, 3.8) is 0 Å². The first-order chi connectivity index (χ1) is 34.5. The molecule has 0 spiro atoms. The predicted molar refractivity (Wildman–Crippen MR) is 302 cm³/mol. The Bertz CT molecular complexity index is 1400. The van der Waals surface area contributed by atoms with Gasteiger partial charge in [-0.15, -0.1) is 0 Å². The van der Waals surface area contributed by atoms with Gasteiger partial charge in [-0.25, -0.2) is 0 Å². The Morgan fingerprint density at radius 3 is 0.900 bits per heavy atom. The van der Waals surface area contributed by atoms with Crippen molar-refractivity contribution in [1.82, 2.24) is 0 Å². The van der Waals surface area contributed by atoms with Crippen molar-refractivity contribution in [1.29, 1.82) is 0 Å². The van der Waals surface area contributed by atoms with Gasteiger partial charge in [-0.1, -0.05) is 246 Å². The minimum atomic E-state index is -0.778. The largest absolute Gasteiger partial charge is 0.462 e. The van der Waals surface area contributed by atoms with Gasteiger partial charge in [0.15, 0.2) is 6.10 Å². The van der Waals surface area contributed by atoms with E-state index >= 15 is 0 Å². The number of esters is 3. The summed E-state index contributed by atoms with van der Waals surface area (Å²) in [5, 5.41) is 0. The smallest absolute Gasteiger partial charge is 0.306 e. The fourth-order valence-electron chi connectivity index (χ4n) is 7.95. The summed E-state index contributed by atoms with van der Waals surface area (Å²) in [5.41, 5.74) is 0. The van der Waals surface area contributed by atoms with Crippen molar-refractivity contribution < 1.29 is 28.6 Å². The molecule has 0 rings (SSSR count). The number of ether oxygens (including phenoxy) is 3. The Balaban J connectivity index is 4.04. The van der Waals surface area contributed by atoms with Gasteiger partial charge in [-0.2, -0.15) is 0 Å². The molecule has 0 N–H and O–H groups in total. The summed E-state index contributed by atoms with van der Waals surface area (Å²) >= 11 is 0. The van der Waals surface area contributed by atoms with E-state index in [4.69, 9.17) is 14.2 Å². The van der Waals surface area contributed by atoms with Gasteiger partial charge in [0, 0.05) is 19.3 Å². The van der Waals surface area contributed by atoms with Crippen molar-refractivity contribution in [2.24, 2.45) is 0 Å². The van der Waals surface area contributed by atoms with Crippen LogP contribution in [0.5, 0.6) is 0 Å². The van der Waals surface area contributed by atoms with Crippen LogP contribution in [-0.4, -0.2) is 37.2 Å². The van der Waals surface area contributed by atoms with Gasteiger partial charge in [0.25, 0.3) is 0 Å². The molecule has 0 saturated carbocycles. The van der Waals surface area contributed by atoms with E-state index in [0.717, 1.165) is 116 Å². The van der Waals surface area contributed by atoms with Crippen molar-refractivity contribution in [3.8, 4) is 0 Å². The SMILES string of the molecule is CC/C=C\C/C=C\C/C=C\C/C=C\C/C=C\C/C=C\C/C=C\CCCCCCCCCCCCCC(=O)OCC(COC(=O)CCCCCCCC)OC(=O)CCCCCCC/C=C\CCCCCC. The monoisotopic (exact) mass is 973 g/mol. The lowest BCUT2D eigenvalue weighted by molar-refractivity contribution is -0.167. The molecule has 0 aromatic heterocycles. The molecule has 400 valence electrons. The molecule has 0 radical (unpaired) electrons. The molecule has 1 unspecified atom stereocenters. The molecule has 0 saturated heterocycles. The maximum absolute atomic E-state index is 12.7. The second-order valence-electron chi connectivity index (χ2n) is 19.2. The molecule has 6 heteroatoms. The molecule has 0 heterocycles. The number of hydrogen-bond acceptors (Lipinski definition) is 6. The van der Waals surface area contributed by atoms with Crippen molar-refractivity contribution in [2.75, 3.05) is 13.2 Å². The van der Waals surface area contributed by atoms with E-state index in [0.29, 0.717) is 19.3 Å². The van der Waals surface area contributed by atoms with Gasteiger partial charge in [-0.05, 0) is 103 Å². The first kappa shape index (κ1) is 66.3. The molecule has 0 bridgehead atoms. The fourth-order valence-corrected chi connectivity index (χ4v) is 7.95. The van der Waals surface area contributed by atoms with Crippen LogP contribution in [-0.2, 0) is 28.6 Å². The van der Waals surface area contributed by atoms with E-state index in [1.54, 1.807) is 0 Å². The van der Waals surface area contributed by atoms with Crippen molar-refractivity contribution >= 4 is 17.9 Å². The molecule has 0 aliphatic carbocycles. The lowest BCUT2D eigenvalue weighted by Crippen LogP contribution is -2.30. The maximum Gasteiger partial charge on any atom is 0.306 e. The van der Waals surface area contributed by atoms with E-state index < -0.39 is 6.10 Å². The van der Waals surface area contributed by atoms with E-state index in [1.807, 2.05) is 0 Å². The summed E-state index contributed by atoms with van der Waals surface area (Å²) in [6.07, 6.45) is 77.3. The average molecular weight is 974 g/mol. The molecule has 0 aromatic rings. The summed E-state index contributed by atoms with van der Waals surface area (Å²) in [6, 6.07) is 0. The van der Waals surface area contributed by atoms with Crippen LogP contribution in [0.1, 0.15) is 271 Å². The fraction of sp³-hybridized carbons (Fsp3) is 0.703. The van der Waals surface area contributed by atoms with Crippen molar-refractivity contribution in [2.45, 2.75) is 277 Å². The average Bonchev–Trinajstić information content (AvgIpc) is 3.36. The molecule has 0 fully saturated rings. The van der Waals surface area contributed by atoms with E-state index in [1.165, 1.54) is 116 Å². The van der Waals surface area contributed by atoms with Crippen LogP contribution in [0.2, 0.25) is 0 Å². The van der Waals surface area contributed by atoms with Crippen LogP contribution in [0.25, 0.3) is 0 Å². The number of allylic oxidation sites excluding steroid dienone is 16. The molecule has 0 aromatic carbocycles. The van der Waals surface area contributed by atoms with Crippen LogP contribution in [0.15, 0.2) is 97.2 Å². The Morgan fingerprint density at radius 1 is 0.300 bits per heavy atom. The van der Waals surface area contributed by atoms with Crippen LogP contribution in [0, 0.1) is 0 Å². The summed E-state index contributed by atoms with van der Waals surface area (Å²) in [4.78, 5) is 37.8. The zero-order chi connectivity index (χ0) is 50.7. The standard InChI is InChI=1S/C64H108O6/c1-4-7-10-13-16-18-20-22-23-24-25-26-27-28-29-30-31-32-33-34-35-36-37-38-39-40-41-43-44-46-48-51-54-57-63(66)69-60-61(59-68-62(65)56-53-50-15-12-9-6-3)70-64(67)58-55-52-49-47-45-42-21-19-17-14-11-8-5-2/h7,10,16,18-19,21-23,25-26,28-29,31-32,34-35,61H,4-6,8-9,11-15,17,20,24,27,30,33,36-60H2,1-3H3/b10-7-,18-16-,21-19-,23-22-,26-25-,29-28-,32-31-,35-34-. The molecule has 70 heavy (non-hydrogen) atoms. The first-order valence-corrected chi connectivity index (χ1v) is 29.2. The van der Waals surface area contributed by atoms with Gasteiger partial charge in [0.1, 0.15) is 13.2 Å². The molecule has 0 aliphatic rings. The summed E-state index contributed by atoms with van der Waals surface area (Å²) < 4.78 is 16.7. The predicted octanol–water partition coefficient (Wildman–Crippen LogP) is 19.7. The number of carbonyl (C=O) groups is 3. The highest BCUT2D eigenvalue weighted by Crippen LogP contribution is 2.15. The minimum absolute atomic E-state index is 0.0799. The quantitative estimate of drug-likeness (QED) is 0.0262. The third-order valence-electron chi connectivity index (χ3n) is 12.3. The topological polar surface area (TPSA) is 78.9 Å². The first-order valence-electron chi connectivity index (χ1n) is 29.2. The second-order valence-corrected chi connectivity index (χ2v) is 19.2. The molecular weight excluding hydrogens is 865 g/mol. The van der Waals surface area contributed by atoms with E-state index in [-0.39, 0.29) is 31.1 Å². The third-order valence-corrected chi connectivity index (χ3v) is 12.3. The van der Waals surface area contributed by atoms with E-state index in [9.17, 15) is 14.4 Å². The lowest BCUT2D eigenvalue weighted by Gasteiger charge is -2.18. The molecule has 0 aliphatic heterocycles. The number of carbonyl (C=O) groups excluding carboxylic acids is 3. The molecule has 6 nitrogen and oxygen atoms in total. The molecule has 0 amide bonds. The van der Waals surface area contributed by atoms with E-state index in [2.05, 4.69) is 118 Å². The lowest BCUT2D eigenvalue weighted by atomic mass is 10.0. The van der Waals surface area contributed by atoms with Crippen LogP contribution < -0.4 is 0 Å². The summed E-state index contributed by atoms with van der Waals surface area (Å²) in [7, 11) is 0. The minimum Gasteiger partial charge on any atom is -0.462 e. The zero-order valence-electron chi connectivity index (χ0n) is 45.8. The highest BCUT2D eigenvalue weighted by atomic mass is 16.6. The summed E-state index contributed by atoms with van der Waals surface area (Å²) in [6.45, 7) is 6.44. The number of hydrogen-bond donors (Lipinski definition) is 0. The Labute approximate surface area is 432 Å². The van der Waals surface area contributed by atoms with Gasteiger partial charge in [0.2, 0.25) is 0 Å². The number of unbranched alkanes of at least 4 members (excludes halogenated alkanes) is 25. The van der Waals surface area contributed by atoms with Crippen LogP contribution in [0.3, 0.4) is 0 Å². The van der Waals surface area contributed by atoms with Gasteiger partial charge >= 0.3 is 17.9 Å². The highest BCUT2D eigenvalue weighted by molar-refractivity contribution is 5.71. The van der Waals surface area contributed by atoms with Gasteiger partial charge in [0.05, 0.1) is 0 Å². The summed E-state index contributed by atoms with van der Waals surface area (Å²) in [5.74, 6) is -0.900. The molecule has 1 atom stereocenters. The normalized spacial score (nSPS) is 12.8. The maximum atomic E-state index is 12.7. The molecular formula is C64H108O6. The number of rotatable bonds is 52. The Kier molecular flexibility index (Phi) is 54.9. The second kappa shape index (κ2) is 57.9. The Morgan fingerprint density at radius 2 is 0.557 bits per heavy atom. The zero-order valence-corrected chi connectivity index (χ0v) is 45.8. The van der Waals surface area contributed by atoms with Gasteiger partial charge < -0.3 is 14.2 Å². The highest BCUT2D eigenvalue weighted by Gasteiger charge is 2.19. The van der Waals surface area contributed by atoms with Gasteiger partial charge in [-0.3, -0.25) is 14.4 Å².